The number of pyridine rings is 1. The van der Waals surface area contributed by atoms with Crippen molar-refractivity contribution in [3.05, 3.63) is 24.5 Å². The number of aromatic nitrogens is 1. The van der Waals surface area contributed by atoms with Crippen molar-refractivity contribution in [3.8, 4) is 0 Å². The number of hydrogen-bond acceptors (Lipinski definition) is 5. The van der Waals surface area contributed by atoms with Gasteiger partial charge in [0.25, 0.3) is 0 Å². The maximum atomic E-state index is 11.7. The van der Waals surface area contributed by atoms with E-state index in [1.54, 1.807) is 13.2 Å². The molecule has 0 aliphatic heterocycles. The van der Waals surface area contributed by atoms with Crippen LogP contribution in [-0.2, 0) is 14.8 Å². The molecule has 1 rings (SSSR count). The Morgan fingerprint density at radius 3 is 2.82 bits per heavy atom. The molecule has 0 amide bonds. The third-order valence-corrected chi connectivity index (χ3v) is 3.47. The molecule has 17 heavy (non-hydrogen) atoms. The third-order valence-electron chi connectivity index (χ3n) is 2.02. The van der Waals surface area contributed by atoms with E-state index in [9.17, 15) is 8.42 Å². The molecular formula is C10H17N3O3S. The SMILES string of the molecule is COCCNCCNS(=O)(=O)c1cccnc1. The molecule has 2 N–H and O–H groups in total. The summed E-state index contributed by atoms with van der Waals surface area (Å²) >= 11 is 0. The van der Waals surface area contributed by atoms with E-state index < -0.39 is 10.0 Å². The van der Waals surface area contributed by atoms with Crippen LogP contribution in [0.2, 0.25) is 0 Å². The molecule has 0 atom stereocenters. The van der Waals surface area contributed by atoms with Crippen molar-refractivity contribution >= 4 is 10.0 Å². The first-order chi connectivity index (χ1) is 8.17. The Bertz CT molecular complexity index is 408. The van der Waals surface area contributed by atoms with Crippen molar-refractivity contribution in [1.82, 2.24) is 15.0 Å². The van der Waals surface area contributed by atoms with E-state index in [0.29, 0.717) is 26.2 Å². The van der Waals surface area contributed by atoms with E-state index in [1.807, 2.05) is 0 Å². The van der Waals surface area contributed by atoms with E-state index in [-0.39, 0.29) is 4.90 Å². The lowest BCUT2D eigenvalue weighted by atomic mass is 10.5. The molecule has 0 saturated heterocycles. The lowest BCUT2D eigenvalue weighted by molar-refractivity contribution is 0.199. The fourth-order valence-corrected chi connectivity index (χ4v) is 2.16. The Labute approximate surface area is 101 Å². The first-order valence-electron chi connectivity index (χ1n) is 5.26. The van der Waals surface area contributed by atoms with Crippen LogP contribution in [0.1, 0.15) is 0 Å². The Morgan fingerprint density at radius 2 is 2.18 bits per heavy atom. The van der Waals surface area contributed by atoms with Gasteiger partial charge < -0.3 is 10.1 Å². The van der Waals surface area contributed by atoms with Gasteiger partial charge >= 0.3 is 0 Å². The molecule has 0 radical (unpaired) electrons. The number of rotatable bonds is 8. The minimum Gasteiger partial charge on any atom is -0.383 e. The van der Waals surface area contributed by atoms with Crippen molar-refractivity contribution in [2.45, 2.75) is 4.90 Å². The van der Waals surface area contributed by atoms with Crippen LogP contribution in [0.5, 0.6) is 0 Å². The normalized spacial score (nSPS) is 11.6. The Balaban J connectivity index is 2.31. The molecule has 96 valence electrons. The van der Waals surface area contributed by atoms with Crippen LogP contribution in [-0.4, -0.2) is 46.8 Å². The van der Waals surface area contributed by atoms with Gasteiger partial charge in [-0.15, -0.1) is 0 Å². The summed E-state index contributed by atoms with van der Waals surface area (Å²) < 4.78 is 30.8. The van der Waals surface area contributed by atoms with Gasteiger partial charge in [-0.25, -0.2) is 13.1 Å². The molecule has 0 saturated carbocycles. The van der Waals surface area contributed by atoms with Crippen LogP contribution in [0.15, 0.2) is 29.4 Å². The zero-order chi connectivity index (χ0) is 12.6. The average Bonchev–Trinajstić information content (AvgIpc) is 2.35. The molecule has 1 aromatic rings. The first-order valence-corrected chi connectivity index (χ1v) is 6.74. The number of ether oxygens (including phenoxy) is 1. The predicted octanol–water partition coefficient (Wildman–Crippen LogP) is -0.404. The van der Waals surface area contributed by atoms with E-state index in [1.165, 1.54) is 18.5 Å². The number of methoxy groups -OCH3 is 1. The summed E-state index contributed by atoms with van der Waals surface area (Å²) in [7, 11) is -1.82. The molecular weight excluding hydrogens is 242 g/mol. The summed E-state index contributed by atoms with van der Waals surface area (Å²) in [5.41, 5.74) is 0. The average molecular weight is 259 g/mol. The topological polar surface area (TPSA) is 80.3 Å². The standard InChI is InChI=1S/C10H17N3O3S/c1-16-8-7-11-5-6-13-17(14,15)10-3-2-4-12-9-10/h2-4,9,11,13H,5-8H2,1H3. The quantitative estimate of drug-likeness (QED) is 0.621. The van der Waals surface area contributed by atoms with Gasteiger partial charge in [0.05, 0.1) is 6.61 Å². The molecule has 6 nitrogen and oxygen atoms in total. The maximum absolute atomic E-state index is 11.7. The van der Waals surface area contributed by atoms with Crippen molar-refractivity contribution in [2.75, 3.05) is 33.4 Å². The Hall–Kier alpha value is -1.02. The van der Waals surface area contributed by atoms with E-state index in [0.717, 1.165) is 0 Å². The second kappa shape index (κ2) is 7.33. The second-order valence-corrected chi connectivity index (χ2v) is 5.10. The highest BCUT2D eigenvalue weighted by atomic mass is 32.2. The van der Waals surface area contributed by atoms with Crippen LogP contribution in [0.4, 0.5) is 0 Å². The van der Waals surface area contributed by atoms with Crippen molar-refractivity contribution in [3.63, 3.8) is 0 Å². The molecule has 0 fully saturated rings. The van der Waals surface area contributed by atoms with Crippen molar-refractivity contribution in [2.24, 2.45) is 0 Å². The highest BCUT2D eigenvalue weighted by Gasteiger charge is 2.12. The first kappa shape index (κ1) is 14.0. The highest BCUT2D eigenvalue weighted by Crippen LogP contribution is 2.04. The van der Waals surface area contributed by atoms with Gasteiger partial charge in [0.15, 0.2) is 0 Å². The number of hydrogen-bond donors (Lipinski definition) is 2. The van der Waals surface area contributed by atoms with Crippen LogP contribution < -0.4 is 10.0 Å². The third kappa shape index (κ3) is 5.22. The predicted molar refractivity (Wildman–Crippen MR) is 64.2 cm³/mol. The molecule has 0 unspecified atom stereocenters. The number of nitrogens with zero attached hydrogens (tertiary/aromatic N) is 1. The molecule has 0 aromatic carbocycles. The van der Waals surface area contributed by atoms with E-state index >= 15 is 0 Å². The van der Waals surface area contributed by atoms with E-state index in [2.05, 4.69) is 15.0 Å². The monoisotopic (exact) mass is 259 g/mol. The van der Waals surface area contributed by atoms with Gasteiger partial charge in [-0.3, -0.25) is 4.98 Å². The highest BCUT2D eigenvalue weighted by molar-refractivity contribution is 7.89. The maximum Gasteiger partial charge on any atom is 0.242 e. The van der Waals surface area contributed by atoms with Crippen LogP contribution >= 0.6 is 0 Å². The molecule has 1 heterocycles. The minimum absolute atomic E-state index is 0.178. The van der Waals surface area contributed by atoms with Gasteiger partial charge in [-0.05, 0) is 12.1 Å². The lowest BCUT2D eigenvalue weighted by Gasteiger charge is -2.07. The van der Waals surface area contributed by atoms with Gasteiger partial charge in [-0.2, -0.15) is 0 Å². The zero-order valence-electron chi connectivity index (χ0n) is 9.72. The Kier molecular flexibility index (Phi) is 6.06. The molecule has 0 spiro atoms. The van der Waals surface area contributed by atoms with Gasteiger partial charge in [0, 0.05) is 39.1 Å². The number of nitrogens with one attached hydrogen (secondary N) is 2. The summed E-state index contributed by atoms with van der Waals surface area (Å²) in [5.74, 6) is 0. The molecule has 7 heteroatoms. The van der Waals surface area contributed by atoms with Crippen LogP contribution in [0.3, 0.4) is 0 Å². The molecule has 0 bridgehead atoms. The van der Waals surface area contributed by atoms with E-state index in [4.69, 9.17) is 4.74 Å². The lowest BCUT2D eigenvalue weighted by Crippen LogP contribution is -2.33. The van der Waals surface area contributed by atoms with Crippen LogP contribution in [0.25, 0.3) is 0 Å². The molecule has 1 aromatic heterocycles. The van der Waals surface area contributed by atoms with Crippen molar-refractivity contribution < 1.29 is 13.2 Å². The fourth-order valence-electron chi connectivity index (χ4n) is 1.16. The summed E-state index contributed by atoms with van der Waals surface area (Å²) in [5, 5.41) is 3.04. The minimum atomic E-state index is -3.44. The molecule has 0 aliphatic carbocycles. The Morgan fingerprint density at radius 1 is 1.35 bits per heavy atom. The van der Waals surface area contributed by atoms with Crippen LogP contribution in [0, 0.1) is 0 Å². The fraction of sp³-hybridized carbons (Fsp3) is 0.500. The summed E-state index contributed by atoms with van der Waals surface area (Å²) in [6, 6.07) is 3.10. The molecule has 0 aliphatic rings. The van der Waals surface area contributed by atoms with Crippen molar-refractivity contribution in [1.29, 1.82) is 0 Å². The van der Waals surface area contributed by atoms with Gasteiger partial charge in [-0.1, -0.05) is 0 Å². The largest absolute Gasteiger partial charge is 0.383 e. The summed E-state index contributed by atoms with van der Waals surface area (Å²) in [6.45, 7) is 2.20. The number of sulfonamides is 1. The summed E-state index contributed by atoms with van der Waals surface area (Å²) in [4.78, 5) is 3.95. The summed E-state index contributed by atoms with van der Waals surface area (Å²) in [6.07, 6.45) is 2.85. The zero-order valence-corrected chi connectivity index (χ0v) is 10.5. The van der Waals surface area contributed by atoms with Gasteiger partial charge in [0.2, 0.25) is 10.0 Å². The smallest absolute Gasteiger partial charge is 0.242 e. The second-order valence-electron chi connectivity index (χ2n) is 3.33. The van der Waals surface area contributed by atoms with Gasteiger partial charge in [0.1, 0.15) is 4.90 Å².